The Labute approximate surface area is 82.9 Å². The van der Waals surface area contributed by atoms with Crippen molar-refractivity contribution < 1.29 is 13.2 Å². The first-order chi connectivity index (χ1) is 6.77. The fourth-order valence-electron chi connectivity index (χ4n) is 1.08. The van der Waals surface area contributed by atoms with E-state index in [1.165, 1.54) is 6.26 Å². The minimum Gasteiger partial charge on any atom is -0.445 e. The van der Waals surface area contributed by atoms with Crippen LogP contribution in [0.4, 0.5) is 0 Å². The van der Waals surface area contributed by atoms with Gasteiger partial charge in [-0.25, -0.2) is 9.19 Å². The maximum absolute atomic E-state index is 10.7. The lowest BCUT2D eigenvalue weighted by molar-refractivity contribution is 0.564. The second-order valence-electron chi connectivity index (χ2n) is 2.61. The molecule has 0 aliphatic rings. The Morgan fingerprint density at radius 1 is 1.29 bits per heavy atom. The predicted octanol–water partition coefficient (Wildman–Crippen LogP) is 1.92. The summed E-state index contributed by atoms with van der Waals surface area (Å²) in [5, 5.41) is 0. The molecule has 0 fully saturated rings. The van der Waals surface area contributed by atoms with E-state index >= 15 is 0 Å². The third-order valence-corrected chi connectivity index (χ3v) is 2.41. The predicted molar refractivity (Wildman–Crippen MR) is 51.0 cm³/mol. The van der Waals surface area contributed by atoms with Gasteiger partial charge in [0.25, 0.3) is 0 Å². The van der Waals surface area contributed by atoms with Crippen LogP contribution in [-0.4, -0.2) is 13.7 Å². The van der Waals surface area contributed by atoms with Crippen LogP contribution >= 0.6 is 0 Å². The molecule has 0 aliphatic heterocycles. The van der Waals surface area contributed by atoms with E-state index < -0.39 is 11.1 Å². The molecule has 1 aromatic carbocycles. The zero-order valence-corrected chi connectivity index (χ0v) is 7.90. The Morgan fingerprint density at radius 3 is 2.50 bits per heavy atom. The zero-order valence-electron chi connectivity index (χ0n) is 7.08. The molecule has 2 aromatic rings. The number of rotatable bonds is 2. The Kier molecular flexibility index (Phi) is 2.43. The molecule has 0 radical (unpaired) electrons. The summed E-state index contributed by atoms with van der Waals surface area (Å²) >= 11 is -1.94. The quantitative estimate of drug-likeness (QED) is 0.767. The van der Waals surface area contributed by atoms with Crippen molar-refractivity contribution in [1.29, 1.82) is 0 Å². The molecule has 72 valence electrons. The molecule has 4 nitrogen and oxygen atoms in total. The van der Waals surface area contributed by atoms with Gasteiger partial charge in [0, 0.05) is 5.56 Å². The standard InChI is InChI=1S/C9H7NO3S/c11-14(12)8-3-1-7(2-4-8)9-10-5-6-13-9/h1-6H,(H,11,12). The van der Waals surface area contributed by atoms with Crippen molar-refractivity contribution in [3.05, 3.63) is 36.7 Å². The molecule has 1 atom stereocenters. The minimum atomic E-state index is -1.94. The maximum atomic E-state index is 10.7. The fraction of sp³-hybridized carbons (Fsp3) is 0. The van der Waals surface area contributed by atoms with Crippen LogP contribution in [0, 0.1) is 0 Å². The molecule has 1 N–H and O–H groups in total. The van der Waals surface area contributed by atoms with E-state index in [9.17, 15) is 4.21 Å². The van der Waals surface area contributed by atoms with Crippen LogP contribution in [-0.2, 0) is 11.1 Å². The van der Waals surface area contributed by atoms with Gasteiger partial charge >= 0.3 is 0 Å². The summed E-state index contributed by atoms with van der Waals surface area (Å²) in [4.78, 5) is 4.32. The van der Waals surface area contributed by atoms with Gasteiger partial charge in [0.05, 0.1) is 11.1 Å². The van der Waals surface area contributed by atoms with Gasteiger partial charge in [-0.15, -0.1) is 0 Å². The van der Waals surface area contributed by atoms with Gasteiger partial charge in [-0.3, -0.25) is 0 Å². The normalized spacial score (nSPS) is 12.6. The van der Waals surface area contributed by atoms with E-state index in [2.05, 4.69) is 4.98 Å². The summed E-state index contributed by atoms with van der Waals surface area (Å²) in [6.07, 6.45) is 3.03. The second kappa shape index (κ2) is 3.73. The average molecular weight is 209 g/mol. The molecular weight excluding hydrogens is 202 g/mol. The third-order valence-electron chi connectivity index (χ3n) is 1.74. The largest absolute Gasteiger partial charge is 0.445 e. The highest BCUT2D eigenvalue weighted by Crippen LogP contribution is 2.18. The maximum Gasteiger partial charge on any atom is 0.225 e. The minimum absolute atomic E-state index is 0.361. The highest BCUT2D eigenvalue weighted by atomic mass is 32.2. The van der Waals surface area contributed by atoms with Crippen molar-refractivity contribution in [3.63, 3.8) is 0 Å². The van der Waals surface area contributed by atoms with E-state index in [1.807, 2.05) is 0 Å². The molecule has 14 heavy (non-hydrogen) atoms. The zero-order chi connectivity index (χ0) is 9.97. The summed E-state index contributed by atoms with van der Waals surface area (Å²) in [6.45, 7) is 0. The molecule has 0 saturated carbocycles. The van der Waals surface area contributed by atoms with Gasteiger partial charge in [0.1, 0.15) is 6.26 Å². The van der Waals surface area contributed by atoms with Crippen LogP contribution in [0.3, 0.4) is 0 Å². The first kappa shape index (κ1) is 9.11. The first-order valence-electron chi connectivity index (χ1n) is 3.88. The Hall–Kier alpha value is -1.46. The Morgan fingerprint density at radius 2 is 2.00 bits per heavy atom. The summed E-state index contributed by atoms with van der Waals surface area (Å²) < 4.78 is 24.5. The van der Waals surface area contributed by atoms with Crippen LogP contribution in [0.25, 0.3) is 11.5 Å². The molecule has 5 heteroatoms. The molecule has 1 heterocycles. The molecule has 0 saturated heterocycles. The molecular formula is C9H7NO3S. The van der Waals surface area contributed by atoms with E-state index in [1.54, 1.807) is 30.5 Å². The molecule has 1 aromatic heterocycles. The van der Waals surface area contributed by atoms with Gasteiger partial charge in [-0.05, 0) is 24.3 Å². The molecule has 0 aliphatic carbocycles. The lowest BCUT2D eigenvalue weighted by Gasteiger charge is -1.96. The van der Waals surface area contributed by atoms with Gasteiger partial charge in [0.2, 0.25) is 5.89 Å². The topological polar surface area (TPSA) is 63.3 Å². The average Bonchev–Trinajstić information content (AvgIpc) is 2.71. The Balaban J connectivity index is 2.36. The van der Waals surface area contributed by atoms with E-state index in [0.717, 1.165) is 5.56 Å². The number of hydrogen-bond donors (Lipinski definition) is 1. The van der Waals surface area contributed by atoms with Crippen molar-refractivity contribution in [3.8, 4) is 11.5 Å². The van der Waals surface area contributed by atoms with Gasteiger partial charge in [-0.2, -0.15) is 0 Å². The smallest absolute Gasteiger partial charge is 0.225 e. The first-order valence-corrected chi connectivity index (χ1v) is 4.99. The molecule has 2 rings (SSSR count). The van der Waals surface area contributed by atoms with E-state index in [4.69, 9.17) is 8.97 Å². The fourth-order valence-corrected chi connectivity index (χ4v) is 1.45. The number of aromatic nitrogens is 1. The van der Waals surface area contributed by atoms with Crippen molar-refractivity contribution in [2.24, 2.45) is 0 Å². The molecule has 0 amide bonds. The summed E-state index contributed by atoms with van der Waals surface area (Å²) in [5.41, 5.74) is 0.782. The number of nitrogens with zero attached hydrogens (tertiary/aromatic N) is 1. The van der Waals surface area contributed by atoms with Crippen molar-refractivity contribution in [2.75, 3.05) is 0 Å². The highest BCUT2D eigenvalue weighted by Gasteiger charge is 2.03. The third kappa shape index (κ3) is 1.73. The Bertz CT molecular complexity index is 436. The lowest BCUT2D eigenvalue weighted by atomic mass is 10.2. The van der Waals surface area contributed by atoms with Crippen LogP contribution in [0.5, 0.6) is 0 Å². The monoisotopic (exact) mass is 209 g/mol. The van der Waals surface area contributed by atoms with Crippen molar-refractivity contribution in [1.82, 2.24) is 4.98 Å². The summed E-state index contributed by atoms with van der Waals surface area (Å²) in [7, 11) is 0. The number of benzene rings is 1. The number of hydrogen-bond acceptors (Lipinski definition) is 3. The van der Waals surface area contributed by atoms with Gasteiger partial charge < -0.3 is 8.97 Å². The van der Waals surface area contributed by atoms with Crippen molar-refractivity contribution in [2.45, 2.75) is 4.90 Å². The molecule has 0 spiro atoms. The van der Waals surface area contributed by atoms with Gasteiger partial charge in [0.15, 0.2) is 11.1 Å². The second-order valence-corrected chi connectivity index (χ2v) is 3.58. The van der Waals surface area contributed by atoms with Gasteiger partial charge in [-0.1, -0.05) is 0 Å². The SMILES string of the molecule is O=S(O)c1ccc(-c2ncco2)cc1. The van der Waals surface area contributed by atoms with Crippen LogP contribution in [0.2, 0.25) is 0 Å². The summed E-state index contributed by atoms with van der Waals surface area (Å²) in [5.74, 6) is 0.500. The van der Waals surface area contributed by atoms with Crippen LogP contribution in [0.1, 0.15) is 0 Å². The molecule has 0 bridgehead atoms. The lowest BCUT2D eigenvalue weighted by Crippen LogP contribution is -1.87. The van der Waals surface area contributed by atoms with E-state index in [-0.39, 0.29) is 0 Å². The molecule has 1 unspecified atom stereocenters. The van der Waals surface area contributed by atoms with E-state index in [0.29, 0.717) is 10.8 Å². The van der Waals surface area contributed by atoms with Crippen LogP contribution < -0.4 is 0 Å². The highest BCUT2D eigenvalue weighted by molar-refractivity contribution is 7.79. The van der Waals surface area contributed by atoms with Crippen LogP contribution in [0.15, 0.2) is 46.0 Å². The number of oxazole rings is 1. The summed E-state index contributed by atoms with van der Waals surface area (Å²) in [6, 6.07) is 6.51. The van der Waals surface area contributed by atoms with Crippen molar-refractivity contribution >= 4 is 11.1 Å².